The Morgan fingerprint density at radius 1 is 1.17 bits per heavy atom. The maximum absolute atomic E-state index is 13.8. The highest BCUT2D eigenvalue weighted by molar-refractivity contribution is 7.90. The molecular formula is C24H26FN3O6S. The van der Waals surface area contributed by atoms with Crippen LogP contribution in [0.1, 0.15) is 20.3 Å². The monoisotopic (exact) mass is 503 g/mol. The van der Waals surface area contributed by atoms with Gasteiger partial charge in [0, 0.05) is 18.2 Å². The summed E-state index contributed by atoms with van der Waals surface area (Å²) in [6, 6.07) is 11.3. The van der Waals surface area contributed by atoms with E-state index in [2.05, 4.69) is 5.10 Å². The highest BCUT2D eigenvalue weighted by Gasteiger charge is 2.24. The van der Waals surface area contributed by atoms with Crippen LogP contribution in [0.2, 0.25) is 0 Å². The van der Waals surface area contributed by atoms with E-state index in [1.54, 1.807) is 26.0 Å². The summed E-state index contributed by atoms with van der Waals surface area (Å²) in [6.45, 7) is 3.11. The lowest BCUT2D eigenvalue weighted by Crippen LogP contribution is -2.33. The molecule has 9 nitrogen and oxygen atoms in total. The first-order chi connectivity index (χ1) is 16.4. The zero-order valence-electron chi connectivity index (χ0n) is 19.5. The van der Waals surface area contributed by atoms with E-state index in [0.29, 0.717) is 11.1 Å². The number of nitrogens with zero attached hydrogens (tertiary/aromatic N) is 2. The molecule has 3 rings (SSSR count). The van der Waals surface area contributed by atoms with E-state index >= 15 is 0 Å². The zero-order valence-corrected chi connectivity index (χ0v) is 20.3. The second kappa shape index (κ2) is 10.4. The molecular weight excluding hydrogens is 477 g/mol. The van der Waals surface area contributed by atoms with Crippen LogP contribution in [-0.4, -0.2) is 49.2 Å². The third-order valence-corrected chi connectivity index (χ3v) is 6.22. The summed E-state index contributed by atoms with van der Waals surface area (Å²) in [5.74, 6) is -1.18. The second-order valence-corrected chi connectivity index (χ2v) is 10.4. The van der Waals surface area contributed by atoms with E-state index in [1.807, 2.05) is 0 Å². The van der Waals surface area contributed by atoms with Gasteiger partial charge in [-0.3, -0.25) is 9.59 Å². The van der Waals surface area contributed by atoms with Crippen LogP contribution in [-0.2, 0) is 19.4 Å². The molecule has 0 aliphatic heterocycles. The smallest absolute Gasteiger partial charge is 0.320 e. The Morgan fingerprint density at radius 2 is 1.86 bits per heavy atom. The van der Waals surface area contributed by atoms with E-state index in [0.717, 1.165) is 17.0 Å². The molecule has 3 aromatic rings. The lowest BCUT2D eigenvalue weighted by atomic mass is 10.1. The molecule has 0 aliphatic carbocycles. The molecule has 1 heterocycles. The number of esters is 1. The standard InChI is InChI=1S/C24H26FN3O6S/c1-24(2,34-21(29)14-26)11-12-33-22-20(16-7-9-19(10-8-16)35(3,31)32)15-27-28(23(22)30)18-6-4-5-17(25)13-18/h4-10,13,15H,11-12,14,26H2,1-3H3. The van der Waals surface area contributed by atoms with Crippen molar-refractivity contribution in [3.05, 3.63) is 70.9 Å². The fourth-order valence-electron chi connectivity index (χ4n) is 3.26. The van der Waals surface area contributed by atoms with Gasteiger partial charge in [0.1, 0.15) is 11.4 Å². The molecule has 0 saturated carbocycles. The van der Waals surface area contributed by atoms with Crippen LogP contribution in [0.4, 0.5) is 4.39 Å². The van der Waals surface area contributed by atoms with Gasteiger partial charge in [0.2, 0.25) is 0 Å². The molecule has 2 N–H and O–H groups in total. The van der Waals surface area contributed by atoms with Crippen molar-refractivity contribution in [2.75, 3.05) is 19.4 Å². The van der Waals surface area contributed by atoms with E-state index < -0.39 is 32.8 Å². The third kappa shape index (κ3) is 6.52. The van der Waals surface area contributed by atoms with E-state index in [-0.39, 0.29) is 35.9 Å². The summed E-state index contributed by atoms with van der Waals surface area (Å²) in [7, 11) is -3.41. The molecule has 0 bridgehead atoms. The van der Waals surface area contributed by atoms with Crippen molar-refractivity contribution in [3.63, 3.8) is 0 Å². The van der Waals surface area contributed by atoms with Gasteiger partial charge < -0.3 is 15.2 Å². The van der Waals surface area contributed by atoms with Crippen LogP contribution in [0.3, 0.4) is 0 Å². The number of carbonyl (C=O) groups is 1. The van der Waals surface area contributed by atoms with Crippen LogP contribution in [0, 0.1) is 5.82 Å². The first kappa shape index (κ1) is 26.0. The molecule has 0 aliphatic rings. The lowest BCUT2D eigenvalue weighted by Gasteiger charge is -2.25. The van der Waals surface area contributed by atoms with Gasteiger partial charge >= 0.3 is 11.5 Å². The number of benzene rings is 2. The molecule has 186 valence electrons. The minimum absolute atomic E-state index is 0.00167. The molecule has 2 aromatic carbocycles. The fraction of sp³-hybridized carbons (Fsp3) is 0.292. The van der Waals surface area contributed by atoms with Crippen LogP contribution >= 0.6 is 0 Å². The van der Waals surface area contributed by atoms with E-state index in [4.69, 9.17) is 15.2 Å². The lowest BCUT2D eigenvalue weighted by molar-refractivity contribution is -0.155. The van der Waals surface area contributed by atoms with Crippen molar-refractivity contribution in [2.45, 2.75) is 30.8 Å². The van der Waals surface area contributed by atoms with Crippen LogP contribution in [0.15, 0.2) is 64.4 Å². The fourth-order valence-corrected chi connectivity index (χ4v) is 3.89. The third-order valence-electron chi connectivity index (χ3n) is 5.09. The number of aromatic nitrogens is 2. The molecule has 0 fully saturated rings. The van der Waals surface area contributed by atoms with Crippen molar-refractivity contribution in [3.8, 4) is 22.6 Å². The summed E-state index contributed by atoms with van der Waals surface area (Å²) >= 11 is 0. The average Bonchev–Trinajstić information content (AvgIpc) is 2.79. The summed E-state index contributed by atoms with van der Waals surface area (Å²) in [5.41, 5.74) is 4.78. The predicted molar refractivity (Wildman–Crippen MR) is 128 cm³/mol. The van der Waals surface area contributed by atoms with Crippen LogP contribution in [0.5, 0.6) is 5.75 Å². The molecule has 0 radical (unpaired) electrons. The SMILES string of the molecule is CC(C)(CCOc1c(-c2ccc(S(C)(=O)=O)cc2)cnn(-c2cccc(F)c2)c1=O)OC(=O)CN. The summed E-state index contributed by atoms with van der Waals surface area (Å²) < 4.78 is 49.5. The number of hydrogen-bond acceptors (Lipinski definition) is 8. The van der Waals surface area contributed by atoms with Gasteiger partial charge in [-0.25, -0.2) is 12.8 Å². The number of hydrogen-bond donors (Lipinski definition) is 1. The number of sulfone groups is 1. The Bertz CT molecular complexity index is 1390. The number of rotatable bonds is 9. The molecule has 1 aromatic heterocycles. The quantitative estimate of drug-likeness (QED) is 0.441. The van der Waals surface area contributed by atoms with Gasteiger partial charge in [0.05, 0.1) is 29.9 Å². The van der Waals surface area contributed by atoms with Gasteiger partial charge in [0.25, 0.3) is 0 Å². The summed E-state index contributed by atoms with van der Waals surface area (Å²) in [4.78, 5) is 25.0. The maximum atomic E-state index is 13.8. The Kier molecular flexibility index (Phi) is 7.71. The van der Waals surface area contributed by atoms with E-state index in [1.165, 1.54) is 36.5 Å². The van der Waals surface area contributed by atoms with Crippen molar-refractivity contribution in [2.24, 2.45) is 5.73 Å². The number of halogens is 1. The van der Waals surface area contributed by atoms with Gasteiger partial charge in [0.15, 0.2) is 15.6 Å². The Morgan fingerprint density at radius 3 is 2.46 bits per heavy atom. The van der Waals surface area contributed by atoms with Gasteiger partial charge in [-0.2, -0.15) is 9.78 Å². The first-order valence-corrected chi connectivity index (χ1v) is 12.5. The summed E-state index contributed by atoms with van der Waals surface area (Å²) in [5, 5.41) is 4.16. The van der Waals surface area contributed by atoms with Crippen molar-refractivity contribution in [1.29, 1.82) is 0 Å². The van der Waals surface area contributed by atoms with Gasteiger partial charge in [-0.15, -0.1) is 0 Å². The maximum Gasteiger partial charge on any atom is 0.320 e. The van der Waals surface area contributed by atoms with E-state index in [9.17, 15) is 22.4 Å². The molecule has 35 heavy (non-hydrogen) atoms. The molecule has 0 atom stereocenters. The van der Waals surface area contributed by atoms with Crippen molar-refractivity contribution in [1.82, 2.24) is 9.78 Å². The Labute approximate surface area is 202 Å². The molecule has 0 saturated heterocycles. The summed E-state index contributed by atoms with van der Waals surface area (Å²) in [6.07, 6.45) is 2.72. The number of ether oxygens (including phenoxy) is 2. The highest BCUT2D eigenvalue weighted by atomic mass is 32.2. The van der Waals surface area contributed by atoms with Crippen LogP contribution < -0.4 is 16.0 Å². The van der Waals surface area contributed by atoms with Crippen molar-refractivity contribution >= 4 is 15.8 Å². The highest BCUT2D eigenvalue weighted by Crippen LogP contribution is 2.28. The average molecular weight is 504 g/mol. The topological polar surface area (TPSA) is 131 Å². The number of nitrogens with two attached hydrogens (primary N) is 1. The number of carbonyl (C=O) groups excluding carboxylic acids is 1. The van der Waals surface area contributed by atoms with Gasteiger partial charge in [-0.05, 0) is 49.7 Å². The van der Waals surface area contributed by atoms with Gasteiger partial charge in [-0.1, -0.05) is 18.2 Å². The minimum Gasteiger partial charge on any atom is -0.487 e. The molecule has 0 unspecified atom stereocenters. The zero-order chi connectivity index (χ0) is 25.8. The molecule has 0 amide bonds. The second-order valence-electron chi connectivity index (χ2n) is 8.42. The van der Waals surface area contributed by atoms with Crippen LogP contribution in [0.25, 0.3) is 16.8 Å². The Balaban J connectivity index is 2.01. The first-order valence-electron chi connectivity index (χ1n) is 10.6. The Hall–Kier alpha value is -3.57. The van der Waals surface area contributed by atoms with Crippen molar-refractivity contribution < 1.29 is 27.1 Å². The predicted octanol–water partition coefficient (Wildman–Crippen LogP) is 2.49. The molecule has 11 heteroatoms. The molecule has 0 spiro atoms. The minimum atomic E-state index is -3.41. The largest absolute Gasteiger partial charge is 0.487 e. The normalized spacial score (nSPS) is 11.8.